The minimum absolute atomic E-state index is 0.324. The van der Waals surface area contributed by atoms with E-state index in [1.807, 2.05) is 24.0 Å². The monoisotopic (exact) mass is 167 g/mol. The van der Waals surface area contributed by atoms with E-state index < -0.39 is 0 Å². The third kappa shape index (κ3) is 2.08. The molecule has 0 aliphatic rings. The number of imidazole rings is 1. The van der Waals surface area contributed by atoms with Crippen LogP contribution >= 0.6 is 0 Å². The molecule has 3 nitrogen and oxygen atoms in total. The maximum atomic E-state index is 4.27. The molecule has 1 aromatic rings. The zero-order valence-corrected chi connectivity index (χ0v) is 8.20. The van der Waals surface area contributed by atoms with Crippen LogP contribution in [0.1, 0.15) is 32.6 Å². The number of hydrogen-bond donors (Lipinski definition) is 1. The standard InChI is InChI=1S/C9H17N3/c1-7(2)11-8(3)9-10-5-6-12(9)4/h5-8,11H,1-4H3. The average Bonchev–Trinajstić information content (AvgIpc) is 2.33. The van der Waals surface area contributed by atoms with Gasteiger partial charge >= 0.3 is 0 Å². The smallest absolute Gasteiger partial charge is 0.125 e. The second-order valence-corrected chi connectivity index (χ2v) is 3.44. The normalized spacial score (nSPS) is 13.8. The molecule has 0 radical (unpaired) electrons. The van der Waals surface area contributed by atoms with Crippen LogP contribution in [0.15, 0.2) is 12.4 Å². The summed E-state index contributed by atoms with van der Waals surface area (Å²) in [6.07, 6.45) is 3.79. The van der Waals surface area contributed by atoms with Gasteiger partial charge in [0.25, 0.3) is 0 Å². The van der Waals surface area contributed by atoms with E-state index in [4.69, 9.17) is 0 Å². The first-order valence-corrected chi connectivity index (χ1v) is 4.34. The Bertz CT molecular complexity index is 240. The Balaban J connectivity index is 2.65. The van der Waals surface area contributed by atoms with Crippen LogP contribution in [-0.2, 0) is 7.05 Å². The summed E-state index contributed by atoms with van der Waals surface area (Å²) in [6.45, 7) is 6.40. The average molecular weight is 167 g/mol. The van der Waals surface area contributed by atoms with Crippen molar-refractivity contribution in [2.45, 2.75) is 32.9 Å². The molecule has 0 spiro atoms. The fourth-order valence-electron chi connectivity index (χ4n) is 1.37. The molecule has 3 heteroatoms. The Morgan fingerprint density at radius 3 is 2.50 bits per heavy atom. The number of nitrogens with zero attached hydrogens (tertiary/aromatic N) is 2. The summed E-state index contributed by atoms with van der Waals surface area (Å²) in [5, 5.41) is 3.40. The maximum Gasteiger partial charge on any atom is 0.125 e. The van der Waals surface area contributed by atoms with E-state index in [9.17, 15) is 0 Å². The molecule has 0 aliphatic heterocycles. The highest BCUT2D eigenvalue weighted by atomic mass is 15.1. The van der Waals surface area contributed by atoms with Gasteiger partial charge in [0.1, 0.15) is 5.82 Å². The molecule has 0 bridgehead atoms. The van der Waals surface area contributed by atoms with Crippen LogP contribution in [0.25, 0.3) is 0 Å². The number of aryl methyl sites for hydroxylation is 1. The Kier molecular flexibility index (Phi) is 2.87. The second-order valence-electron chi connectivity index (χ2n) is 3.44. The van der Waals surface area contributed by atoms with Gasteiger partial charge in [-0.15, -0.1) is 0 Å². The fraction of sp³-hybridized carbons (Fsp3) is 0.667. The number of nitrogens with one attached hydrogen (secondary N) is 1. The summed E-state index contributed by atoms with van der Waals surface area (Å²) in [5.74, 6) is 1.09. The molecule has 0 aromatic carbocycles. The first kappa shape index (κ1) is 9.26. The van der Waals surface area contributed by atoms with Gasteiger partial charge in [0.15, 0.2) is 0 Å². The molecule has 0 saturated carbocycles. The van der Waals surface area contributed by atoms with E-state index in [0.29, 0.717) is 12.1 Å². The van der Waals surface area contributed by atoms with Gasteiger partial charge in [-0.1, -0.05) is 13.8 Å². The number of rotatable bonds is 3. The first-order chi connectivity index (χ1) is 5.61. The molecule has 1 rings (SSSR count). The fourth-order valence-corrected chi connectivity index (χ4v) is 1.37. The molecule has 1 atom stereocenters. The van der Waals surface area contributed by atoms with Crippen LogP contribution in [0.3, 0.4) is 0 Å². The lowest BCUT2D eigenvalue weighted by Gasteiger charge is -2.16. The predicted molar refractivity (Wildman–Crippen MR) is 49.9 cm³/mol. The molecule has 1 N–H and O–H groups in total. The Hall–Kier alpha value is -0.830. The van der Waals surface area contributed by atoms with Crippen molar-refractivity contribution in [1.82, 2.24) is 14.9 Å². The third-order valence-corrected chi connectivity index (χ3v) is 1.83. The van der Waals surface area contributed by atoms with Gasteiger partial charge in [-0.3, -0.25) is 0 Å². The van der Waals surface area contributed by atoms with Crippen molar-refractivity contribution in [2.24, 2.45) is 7.05 Å². The van der Waals surface area contributed by atoms with E-state index in [1.165, 1.54) is 0 Å². The molecule has 0 saturated heterocycles. The summed E-state index contributed by atoms with van der Waals surface area (Å²) in [7, 11) is 2.01. The summed E-state index contributed by atoms with van der Waals surface area (Å²) >= 11 is 0. The lowest BCUT2D eigenvalue weighted by Crippen LogP contribution is -2.27. The van der Waals surface area contributed by atoms with Crippen molar-refractivity contribution in [2.75, 3.05) is 0 Å². The van der Waals surface area contributed by atoms with Gasteiger partial charge in [-0.25, -0.2) is 4.98 Å². The number of aromatic nitrogens is 2. The molecular weight excluding hydrogens is 150 g/mol. The Labute approximate surface area is 73.8 Å². The van der Waals surface area contributed by atoms with E-state index in [1.54, 1.807) is 0 Å². The zero-order valence-electron chi connectivity index (χ0n) is 8.20. The second kappa shape index (κ2) is 3.72. The predicted octanol–water partition coefficient (Wildman–Crippen LogP) is 1.48. The van der Waals surface area contributed by atoms with Crippen LogP contribution in [0, 0.1) is 0 Å². The molecule has 12 heavy (non-hydrogen) atoms. The third-order valence-electron chi connectivity index (χ3n) is 1.83. The maximum absolute atomic E-state index is 4.27. The lowest BCUT2D eigenvalue weighted by molar-refractivity contribution is 0.477. The van der Waals surface area contributed by atoms with Crippen molar-refractivity contribution in [1.29, 1.82) is 0 Å². The largest absolute Gasteiger partial charge is 0.337 e. The molecular formula is C9H17N3. The molecule has 0 aliphatic carbocycles. The van der Waals surface area contributed by atoms with Crippen LogP contribution in [0.5, 0.6) is 0 Å². The molecule has 0 fully saturated rings. The highest BCUT2D eigenvalue weighted by Crippen LogP contribution is 2.08. The first-order valence-electron chi connectivity index (χ1n) is 4.34. The van der Waals surface area contributed by atoms with Gasteiger partial charge in [0, 0.05) is 25.5 Å². The van der Waals surface area contributed by atoms with Crippen molar-refractivity contribution >= 4 is 0 Å². The van der Waals surface area contributed by atoms with Gasteiger partial charge in [-0.05, 0) is 6.92 Å². The Morgan fingerprint density at radius 1 is 1.42 bits per heavy atom. The lowest BCUT2D eigenvalue weighted by atomic mass is 10.2. The number of hydrogen-bond acceptors (Lipinski definition) is 2. The Morgan fingerprint density at radius 2 is 2.08 bits per heavy atom. The van der Waals surface area contributed by atoms with E-state index in [-0.39, 0.29) is 0 Å². The quantitative estimate of drug-likeness (QED) is 0.739. The van der Waals surface area contributed by atoms with E-state index in [2.05, 4.69) is 31.1 Å². The summed E-state index contributed by atoms with van der Waals surface area (Å²) < 4.78 is 2.04. The summed E-state index contributed by atoms with van der Waals surface area (Å²) in [5.41, 5.74) is 0. The van der Waals surface area contributed by atoms with Gasteiger partial charge in [0.05, 0.1) is 6.04 Å². The SMILES string of the molecule is CC(C)NC(C)c1nccn1C. The van der Waals surface area contributed by atoms with E-state index in [0.717, 1.165) is 5.82 Å². The van der Waals surface area contributed by atoms with Gasteiger partial charge in [-0.2, -0.15) is 0 Å². The van der Waals surface area contributed by atoms with Crippen LogP contribution < -0.4 is 5.32 Å². The van der Waals surface area contributed by atoms with Crippen molar-refractivity contribution in [3.05, 3.63) is 18.2 Å². The van der Waals surface area contributed by atoms with Gasteiger partial charge < -0.3 is 9.88 Å². The van der Waals surface area contributed by atoms with Crippen LogP contribution in [0.4, 0.5) is 0 Å². The molecule has 1 aromatic heterocycles. The van der Waals surface area contributed by atoms with Crippen LogP contribution in [-0.4, -0.2) is 15.6 Å². The minimum Gasteiger partial charge on any atom is -0.337 e. The molecule has 0 amide bonds. The highest BCUT2D eigenvalue weighted by Gasteiger charge is 2.09. The molecule has 68 valence electrons. The highest BCUT2D eigenvalue weighted by molar-refractivity contribution is 4.97. The molecule has 1 heterocycles. The molecule has 1 unspecified atom stereocenters. The zero-order chi connectivity index (χ0) is 9.14. The summed E-state index contributed by atoms with van der Waals surface area (Å²) in [4.78, 5) is 4.27. The van der Waals surface area contributed by atoms with Crippen molar-refractivity contribution < 1.29 is 0 Å². The topological polar surface area (TPSA) is 29.9 Å². The van der Waals surface area contributed by atoms with Crippen molar-refractivity contribution in [3.63, 3.8) is 0 Å². The van der Waals surface area contributed by atoms with Crippen molar-refractivity contribution in [3.8, 4) is 0 Å². The van der Waals surface area contributed by atoms with Gasteiger partial charge in [0.2, 0.25) is 0 Å². The van der Waals surface area contributed by atoms with E-state index >= 15 is 0 Å². The minimum atomic E-state index is 0.324. The summed E-state index contributed by atoms with van der Waals surface area (Å²) in [6, 6.07) is 0.821. The van der Waals surface area contributed by atoms with Crippen LogP contribution in [0.2, 0.25) is 0 Å².